The van der Waals surface area contributed by atoms with Gasteiger partial charge in [0.05, 0.1) is 11.5 Å². The molecule has 1 aliphatic heterocycles. The molecule has 0 saturated carbocycles. The van der Waals surface area contributed by atoms with Crippen LogP contribution in [0.5, 0.6) is 5.75 Å². The van der Waals surface area contributed by atoms with Gasteiger partial charge in [0.1, 0.15) is 5.75 Å². The van der Waals surface area contributed by atoms with Gasteiger partial charge in [0, 0.05) is 32.7 Å². The number of carbonyl (C=O) groups excluding carboxylic acids is 1. The number of hydrogen-bond acceptors (Lipinski definition) is 4. The lowest BCUT2D eigenvalue weighted by atomic mass is 10.1. The molecule has 0 spiro atoms. The predicted molar refractivity (Wildman–Crippen MR) is 116 cm³/mol. The van der Waals surface area contributed by atoms with Crippen LogP contribution < -0.4 is 10.1 Å². The van der Waals surface area contributed by atoms with Gasteiger partial charge in [-0.1, -0.05) is 36.4 Å². The van der Waals surface area contributed by atoms with E-state index in [-0.39, 0.29) is 10.9 Å². The molecule has 0 aliphatic carbocycles. The second-order valence-corrected chi connectivity index (χ2v) is 9.30. The Morgan fingerprint density at radius 1 is 0.967 bits per heavy atom. The molecular weight excluding hydrogens is 402 g/mol. The van der Waals surface area contributed by atoms with Crippen LogP contribution in [0.4, 0.5) is 4.79 Å². The molecule has 2 amide bonds. The number of ether oxygens (including phenoxy) is 1. The molecule has 8 heteroatoms. The molecule has 7 nitrogen and oxygen atoms in total. The molecule has 0 bridgehead atoms. The number of para-hydroxylation sites is 1. The van der Waals surface area contributed by atoms with Crippen molar-refractivity contribution in [1.82, 2.24) is 14.5 Å². The maximum Gasteiger partial charge on any atom is 0.317 e. The quantitative estimate of drug-likeness (QED) is 0.684. The molecule has 1 fully saturated rings. The number of urea groups is 1. The van der Waals surface area contributed by atoms with E-state index in [2.05, 4.69) is 5.32 Å². The second kappa shape index (κ2) is 9.95. The molecule has 0 aromatic heterocycles. The Morgan fingerprint density at radius 2 is 1.60 bits per heavy atom. The summed E-state index contributed by atoms with van der Waals surface area (Å²) >= 11 is 0. The molecule has 30 heavy (non-hydrogen) atoms. The third-order valence-corrected chi connectivity index (χ3v) is 7.07. The molecule has 1 N–H and O–H groups in total. The monoisotopic (exact) mass is 431 g/mol. The van der Waals surface area contributed by atoms with Crippen molar-refractivity contribution in [3.63, 3.8) is 0 Å². The first-order valence-electron chi connectivity index (χ1n) is 10.2. The Morgan fingerprint density at radius 3 is 2.23 bits per heavy atom. The number of aryl methyl sites for hydroxylation is 2. The number of amides is 2. The summed E-state index contributed by atoms with van der Waals surface area (Å²) in [4.78, 5) is 14.3. The first-order valence-corrected chi connectivity index (χ1v) is 11.6. The van der Waals surface area contributed by atoms with E-state index >= 15 is 0 Å². The van der Waals surface area contributed by atoms with Crippen LogP contribution in [0.25, 0.3) is 0 Å². The molecule has 2 aromatic rings. The van der Waals surface area contributed by atoms with Crippen molar-refractivity contribution in [1.29, 1.82) is 0 Å². The standard InChI is InChI=1S/C22H29N3O4S/c1-18-8-6-9-19(2)21(18)29-17-7-12-23-22(26)24-13-15-25(16-14-24)30(27,28)20-10-4-3-5-11-20/h3-6,8-11H,7,12-17H2,1-2H3,(H,23,26). The van der Waals surface area contributed by atoms with Gasteiger partial charge < -0.3 is 15.0 Å². The topological polar surface area (TPSA) is 79.0 Å². The van der Waals surface area contributed by atoms with Gasteiger partial charge in [0.25, 0.3) is 0 Å². The summed E-state index contributed by atoms with van der Waals surface area (Å²) in [6.45, 7) is 6.39. The summed E-state index contributed by atoms with van der Waals surface area (Å²) in [6.07, 6.45) is 0.696. The van der Waals surface area contributed by atoms with E-state index in [9.17, 15) is 13.2 Å². The average molecular weight is 432 g/mol. The molecule has 3 rings (SSSR count). The first-order chi connectivity index (χ1) is 14.4. The fourth-order valence-electron chi connectivity index (χ4n) is 3.45. The molecule has 0 unspecified atom stereocenters. The largest absolute Gasteiger partial charge is 0.493 e. The third kappa shape index (κ3) is 5.31. The fraction of sp³-hybridized carbons (Fsp3) is 0.409. The van der Waals surface area contributed by atoms with Crippen LogP contribution >= 0.6 is 0 Å². The SMILES string of the molecule is Cc1cccc(C)c1OCCCNC(=O)N1CCN(S(=O)(=O)c2ccccc2)CC1. The first kappa shape index (κ1) is 22.1. The van der Waals surface area contributed by atoms with Crippen molar-refractivity contribution < 1.29 is 17.9 Å². The van der Waals surface area contributed by atoms with Gasteiger partial charge in [-0.2, -0.15) is 4.31 Å². The molecule has 1 saturated heterocycles. The number of sulfonamides is 1. The van der Waals surface area contributed by atoms with Crippen molar-refractivity contribution in [2.75, 3.05) is 39.3 Å². The number of carbonyl (C=O) groups is 1. The van der Waals surface area contributed by atoms with Crippen molar-refractivity contribution in [2.45, 2.75) is 25.2 Å². The average Bonchev–Trinajstić information content (AvgIpc) is 2.76. The zero-order chi connectivity index (χ0) is 21.6. The molecule has 1 aliphatic rings. The number of piperazine rings is 1. The van der Waals surface area contributed by atoms with E-state index in [4.69, 9.17) is 4.74 Å². The van der Waals surface area contributed by atoms with Crippen LogP contribution in [0, 0.1) is 13.8 Å². The zero-order valence-corrected chi connectivity index (χ0v) is 18.3. The molecule has 1 heterocycles. The minimum Gasteiger partial charge on any atom is -0.493 e. The Bertz CT molecular complexity index is 935. The number of nitrogens with one attached hydrogen (secondary N) is 1. The molecule has 2 aromatic carbocycles. The third-order valence-electron chi connectivity index (χ3n) is 5.16. The lowest BCUT2D eigenvalue weighted by molar-refractivity contribution is 0.171. The molecular formula is C22H29N3O4S. The lowest BCUT2D eigenvalue weighted by Gasteiger charge is -2.34. The summed E-state index contributed by atoms with van der Waals surface area (Å²) in [6, 6.07) is 14.3. The van der Waals surface area contributed by atoms with E-state index in [1.54, 1.807) is 35.2 Å². The van der Waals surface area contributed by atoms with Crippen molar-refractivity contribution in [3.05, 3.63) is 59.7 Å². The fourth-order valence-corrected chi connectivity index (χ4v) is 4.90. The highest BCUT2D eigenvalue weighted by Crippen LogP contribution is 2.22. The van der Waals surface area contributed by atoms with Crippen LogP contribution in [0.15, 0.2) is 53.4 Å². The van der Waals surface area contributed by atoms with Gasteiger partial charge in [-0.25, -0.2) is 13.2 Å². The van der Waals surface area contributed by atoms with Crippen LogP contribution in [-0.4, -0.2) is 63.0 Å². The van der Waals surface area contributed by atoms with Gasteiger partial charge in [-0.3, -0.25) is 0 Å². The van der Waals surface area contributed by atoms with Crippen molar-refractivity contribution in [2.24, 2.45) is 0 Å². The number of benzene rings is 2. The van der Waals surface area contributed by atoms with Gasteiger partial charge >= 0.3 is 6.03 Å². The van der Waals surface area contributed by atoms with E-state index in [0.29, 0.717) is 45.8 Å². The van der Waals surface area contributed by atoms with Crippen molar-refractivity contribution in [3.8, 4) is 5.75 Å². The summed E-state index contributed by atoms with van der Waals surface area (Å²) in [5.41, 5.74) is 2.20. The van der Waals surface area contributed by atoms with Gasteiger partial charge in [0.15, 0.2) is 0 Å². The van der Waals surface area contributed by atoms with Crippen LogP contribution in [-0.2, 0) is 10.0 Å². The Kier molecular flexibility index (Phi) is 7.33. The number of rotatable bonds is 7. The minimum absolute atomic E-state index is 0.168. The Balaban J connectivity index is 1.39. The highest BCUT2D eigenvalue weighted by molar-refractivity contribution is 7.89. The van der Waals surface area contributed by atoms with E-state index < -0.39 is 10.0 Å². The smallest absolute Gasteiger partial charge is 0.317 e. The molecule has 0 radical (unpaired) electrons. The number of hydrogen-bond donors (Lipinski definition) is 1. The lowest BCUT2D eigenvalue weighted by Crippen LogP contribution is -2.53. The van der Waals surface area contributed by atoms with Gasteiger partial charge in [-0.05, 0) is 43.5 Å². The van der Waals surface area contributed by atoms with Gasteiger partial charge in [-0.15, -0.1) is 0 Å². The maximum atomic E-state index is 12.7. The number of nitrogens with zero attached hydrogens (tertiary/aromatic N) is 2. The van der Waals surface area contributed by atoms with Crippen LogP contribution in [0.1, 0.15) is 17.5 Å². The normalized spacial score (nSPS) is 15.1. The van der Waals surface area contributed by atoms with Crippen molar-refractivity contribution >= 4 is 16.1 Å². The summed E-state index contributed by atoms with van der Waals surface area (Å²) in [5, 5.41) is 2.89. The van der Waals surface area contributed by atoms with E-state index in [0.717, 1.165) is 16.9 Å². The Labute approximate surface area is 178 Å². The van der Waals surface area contributed by atoms with E-state index in [1.807, 2.05) is 32.0 Å². The molecule has 162 valence electrons. The van der Waals surface area contributed by atoms with Crippen LogP contribution in [0.3, 0.4) is 0 Å². The van der Waals surface area contributed by atoms with Gasteiger partial charge in [0.2, 0.25) is 10.0 Å². The highest BCUT2D eigenvalue weighted by Gasteiger charge is 2.29. The highest BCUT2D eigenvalue weighted by atomic mass is 32.2. The molecule has 0 atom stereocenters. The van der Waals surface area contributed by atoms with E-state index in [1.165, 1.54) is 4.31 Å². The zero-order valence-electron chi connectivity index (χ0n) is 17.5. The Hall–Kier alpha value is -2.58. The maximum absolute atomic E-state index is 12.7. The summed E-state index contributed by atoms with van der Waals surface area (Å²) in [5.74, 6) is 0.902. The summed E-state index contributed by atoms with van der Waals surface area (Å²) < 4.78 is 32.6. The second-order valence-electron chi connectivity index (χ2n) is 7.36. The predicted octanol–water partition coefficient (Wildman–Crippen LogP) is 2.79. The minimum atomic E-state index is -3.51. The summed E-state index contributed by atoms with van der Waals surface area (Å²) in [7, 11) is -3.51. The van der Waals surface area contributed by atoms with Crippen LogP contribution in [0.2, 0.25) is 0 Å².